The number of sulfonamides is 1. The first-order valence-corrected chi connectivity index (χ1v) is 6.62. The van der Waals surface area contributed by atoms with Crippen LogP contribution < -0.4 is 0 Å². The van der Waals surface area contributed by atoms with Crippen molar-refractivity contribution < 1.29 is 8.42 Å². The van der Waals surface area contributed by atoms with E-state index in [1.807, 2.05) is 6.92 Å². The minimum Gasteiger partial charge on any atom is -0.212 e. The van der Waals surface area contributed by atoms with E-state index in [1.54, 1.807) is 11.2 Å². The lowest BCUT2D eigenvalue weighted by Crippen LogP contribution is -2.32. The Labute approximate surface area is 85.1 Å². The van der Waals surface area contributed by atoms with Gasteiger partial charge >= 0.3 is 0 Å². The highest BCUT2D eigenvalue weighted by molar-refractivity contribution is 7.89. The van der Waals surface area contributed by atoms with E-state index in [1.165, 1.54) is 0 Å². The van der Waals surface area contributed by atoms with Gasteiger partial charge in [-0.3, -0.25) is 0 Å². The van der Waals surface area contributed by atoms with Gasteiger partial charge < -0.3 is 0 Å². The molecule has 1 heterocycles. The maximum atomic E-state index is 11.5. The maximum absolute atomic E-state index is 11.5. The standard InChI is InChI=1S/C8H16ClNO2S/c1-3-13(11,12)10-5-4-8(2,6-9)7-10/h3-7H2,1-2H3. The second-order valence-electron chi connectivity index (χ2n) is 3.93. The summed E-state index contributed by atoms with van der Waals surface area (Å²) in [4.78, 5) is 0. The first kappa shape index (κ1) is 11.3. The van der Waals surface area contributed by atoms with Gasteiger partial charge in [-0.25, -0.2) is 12.7 Å². The lowest BCUT2D eigenvalue weighted by molar-refractivity contribution is 0.381. The lowest BCUT2D eigenvalue weighted by atomic mass is 9.93. The molecule has 1 atom stereocenters. The maximum Gasteiger partial charge on any atom is 0.213 e. The van der Waals surface area contributed by atoms with Gasteiger partial charge in [0.05, 0.1) is 5.75 Å². The van der Waals surface area contributed by atoms with Gasteiger partial charge in [-0.05, 0) is 18.8 Å². The molecule has 1 saturated heterocycles. The van der Waals surface area contributed by atoms with Crippen molar-refractivity contribution in [3.8, 4) is 0 Å². The molecule has 0 saturated carbocycles. The van der Waals surface area contributed by atoms with Gasteiger partial charge in [0, 0.05) is 19.0 Å². The van der Waals surface area contributed by atoms with Crippen molar-refractivity contribution >= 4 is 21.6 Å². The van der Waals surface area contributed by atoms with Crippen LogP contribution in [0.4, 0.5) is 0 Å². The lowest BCUT2D eigenvalue weighted by Gasteiger charge is -2.21. The predicted molar refractivity (Wildman–Crippen MR) is 54.5 cm³/mol. The summed E-state index contributed by atoms with van der Waals surface area (Å²) >= 11 is 5.79. The summed E-state index contributed by atoms with van der Waals surface area (Å²) in [6, 6.07) is 0. The van der Waals surface area contributed by atoms with Crippen LogP contribution in [0.25, 0.3) is 0 Å². The molecular weight excluding hydrogens is 210 g/mol. The van der Waals surface area contributed by atoms with Gasteiger partial charge in [-0.1, -0.05) is 6.92 Å². The summed E-state index contributed by atoms with van der Waals surface area (Å²) in [6.45, 7) is 4.91. The van der Waals surface area contributed by atoms with Crippen LogP contribution in [0.1, 0.15) is 20.3 Å². The monoisotopic (exact) mass is 225 g/mol. The molecule has 0 bridgehead atoms. The van der Waals surface area contributed by atoms with E-state index in [9.17, 15) is 8.42 Å². The quantitative estimate of drug-likeness (QED) is 0.679. The molecule has 1 fully saturated rings. The van der Waals surface area contributed by atoms with Crippen LogP contribution in [-0.2, 0) is 10.0 Å². The van der Waals surface area contributed by atoms with E-state index >= 15 is 0 Å². The molecule has 0 N–H and O–H groups in total. The Morgan fingerprint density at radius 3 is 2.54 bits per heavy atom. The van der Waals surface area contributed by atoms with Crippen molar-refractivity contribution in [2.24, 2.45) is 5.41 Å². The van der Waals surface area contributed by atoms with Gasteiger partial charge in [0.25, 0.3) is 0 Å². The third kappa shape index (κ3) is 2.36. The number of rotatable bonds is 3. The Kier molecular flexibility index (Phi) is 3.25. The molecule has 78 valence electrons. The molecule has 1 rings (SSSR count). The smallest absolute Gasteiger partial charge is 0.212 e. The number of nitrogens with zero attached hydrogens (tertiary/aromatic N) is 1. The van der Waals surface area contributed by atoms with Crippen molar-refractivity contribution in [1.29, 1.82) is 0 Å². The number of halogens is 1. The fourth-order valence-corrected chi connectivity index (χ4v) is 2.97. The van der Waals surface area contributed by atoms with Crippen LogP contribution in [0.3, 0.4) is 0 Å². The van der Waals surface area contributed by atoms with E-state index < -0.39 is 10.0 Å². The molecule has 5 heteroatoms. The zero-order valence-electron chi connectivity index (χ0n) is 8.09. The van der Waals surface area contributed by atoms with Gasteiger partial charge in [0.1, 0.15) is 0 Å². The first-order valence-electron chi connectivity index (χ1n) is 4.47. The van der Waals surface area contributed by atoms with Gasteiger partial charge in [-0.15, -0.1) is 11.6 Å². The summed E-state index contributed by atoms with van der Waals surface area (Å²) in [5, 5.41) is 0. The van der Waals surface area contributed by atoms with Crippen molar-refractivity contribution in [2.45, 2.75) is 20.3 Å². The highest BCUT2D eigenvalue weighted by Gasteiger charge is 2.37. The molecule has 13 heavy (non-hydrogen) atoms. The first-order chi connectivity index (χ1) is 5.93. The van der Waals surface area contributed by atoms with Crippen molar-refractivity contribution in [3.05, 3.63) is 0 Å². The zero-order valence-corrected chi connectivity index (χ0v) is 9.66. The van der Waals surface area contributed by atoms with Crippen LogP contribution in [0.15, 0.2) is 0 Å². The van der Waals surface area contributed by atoms with E-state index in [-0.39, 0.29) is 11.2 Å². The summed E-state index contributed by atoms with van der Waals surface area (Å²) in [5.74, 6) is 0.716. The fourth-order valence-electron chi connectivity index (χ4n) is 1.51. The van der Waals surface area contributed by atoms with Crippen molar-refractivity contribution in [3.63, 3.8) is 0 Å². The third-order valence-electron chi connectivity index (χ3n) is 2.60. The topological polar surface area (TPSA) is 37.4 Å². The van der Waals surface area contributed by atoms with Crippen LogP contribution in [0, 0.1) is 5.41 Å². The molecule has 1 aliphatic heterocycles. The molecule has 1 aliphatic rings. The Morgan fingerprint density at radius 1 is 1.54 bits per heavy atom. The molecular formula is C8H16ClNO2S. The molecule has 0 amide bonds. The van der Waals surface area contributed by atoms with Crippen LogP contribution in [0.2, 0.25) is 0 Å². The highest BCUT2D eigenvalue weighted by atomic mass is 35.5. The average Bonchev–Trinajstić information content (AvgIpc) is 2.50. The molecule has 0 aliphatic carbocycles. The van der Waals surface area contributed by atoms with E-state index in [4.69, 9.17) is 11.6 Å². The van der Waals surface area contributed by atoms with E-state index in [0.717, 1.165) is 6.42 Å². The van der Waals surface area contributed by atoms with Gasteiger partial charge in [0.2, 0.25) is 10.0 Å². The molecule has 0 aromatic rings. The van der Waals surface area contributed by atoms with Gasteiger partial charge in [0.15, 0.2) is 0 Å². The van der Waals surface area contributed by atoms with Crippen LogP contribution >= 0.6 is 11.6 Å². The van der Waals surface area contributed by atoms with Crippen LogP contribution in [-0.4, -0.2) is 37.4 Å². The predicted octanol–water partition coefficient (Wildman–Crippen LogP) is 1.29. The Morgan fingerprint density at radius 2 is 2.15 bits per heavy atom. The molecule has 1 unspecified atom stereocenters. The molecule has 3 nitrogen and oxygen atoms in total. The molecule has 0 aromatic carbocycles. The minimum absolute atomic E-state index is 0.0240. The third-order valence-corrected chi connectivity index (χ3v) is 5.08. The second kappa shape index (κ2) is 3.75. The Balaban J connectivity index is 2.71. The Hall–Kier alpha value is 0.200. The zero-order chi connectivity index (χ0) is 10.1. The molecule has 0 radical (unpaired) electrons. The van der Waals surface area contributed by atoms with Crippen molar-refractivity contribution in [1.82, 2.24) is 4.31 Å². The summed E-state index contributed by atoms with van der Waals surface area (Å²) in [6.07, 6.45) is 0.871. The van der Waals surface area contributed by atoms with E-state index in [2.05, 4.69) is 0 Å². The largest absolute Gasteiger partial charge is 0.213 e. The average molecular weight is 226 g/mol. The van der Waals surface area contributed by atoms with E-state index in [0.29, 0.717) is 19.0 Å². The highest BCUT2D eigenvalue weighted by Crippen LogP contribution is 2.32. The second-order valence-corrected chi connectivity index (χ2v) is 6.45. The number of hydrogen-bond acceptors (Lipinski definition) is 2. The summed E-state index contributed by atoms with van der Waals surface area (Å²) in [5.41, 5.74) is -0.0240. The minimum atomic E-state index is -3.00. The Bertz CT molecular complexity index is 278. The number of hydrogen-bond donors (Lipinski definition) is 0. The number of alkyl halides is 1. The summed E-state index contributed by atoms with van der Waals surface area (Å²) in [7, 11) is -3.00. The van der Waals surface area contributed by atoms with Crippen LogP contribution in [0.5, 0.6) is 0 Å². The molecule has 0 spiro atoms. The van der Waals surface area contributed by atoms with Crippen molar-refractivity contribution in [2.75, 3.05) is 24.7 Å². The molecule has 0 aromatic heterocycles. The summed E-state index contributed by atoms with van der Waals surface area (Å²) < 4.78 is 24.5. The normalized spacial score (nSPS) is 31.0. The fraction of sp³-hybridized carbons (Fsp3) is 1.00. The SMILES string of the molecule is CCS(=O)(=O)N1CCC(C)(CCl)C1. The van der Waals surface area contributed by atoms with Gasteiger partial charge in [-0.2, -0.15) is 0 Å².